The van der Waals surface area contributed by atoms with Crippen molar-refractivity contribution in [1.82, 2.24) is 0 Å². The largest absolute Gasteiger partial charge is 0.341 e. The van der Waals surface area contributed by atoms with Crippen molar-refractivity contribution in [3.8, 4) is 0 Å². The number of ether oxygens (including phenoxy) is 2. The van der Waals surface area contributed by atoms with E-state index >= 15 is 0 Å². The summed E-state index contributed by atoms with van der Waals surface area (Å²) in [6, 6.07) is 0. The first-order valence-electron chi connectivity index (χ1n) is 1.95. The van der Waals surface area contributed by atoms with Crippen molar-refractivity contribution < 1.29 is 19.7 Å². The SMILES string of the molecule is OC1(O)OC12CO2. The standard InChI is InChI=1S/C3H4O4/c4-3(5)2(7-3)1-6-2/h4-5H,1H2. The summed E-state index contributed by atoms with van der Waals surface area (Å²) in [6.45, 7) is 0.306. The molecule has 0 aromatic carbocycles. The summed E-state index contributed by atoms with van der Waals surface area (Å²) in [4.78, 5) is 0. The van der Waals surface area contributed by atoms with Gasteiger partial charge >= 0.3 is 5.97 Å². The van der Waals surface area contributed by atoms with E-state index in [0.717, 1.165) is 0 Å². The van der Waals surface area contributed by atoms with Crippen LogP contribution in [0, 0.1) is 0 Å². The van der Waals surface area contributed by atoms with Crippen molar-refractivity contribution in [2.75, 3.05) is 6.61 Å². The lowest BCUT2D eigenvalue weighted by Gasteiger charge is -1.83. The van der Waals surface area contributed by atoms with Gasteiger partial charge in [-0.15, -0.1) is 0 Å². The molecule has 0 aromatic heterocycles. The highest BCUT2D eigenvalue weighted by molar-refractivity contribution is 5.03. The van der Waals surface area contributed by atoms with Gasteiger partial charge in [-0.3, -0.25) is 4.74 Å². The Labute approximate surface area is 39.3 Å². The van der Waals surface area contributed by atoms with Crippen LogP contribution in [-0.2, 0) is 9.47 Å². The fourth-order valence-corrected chi connectivity index (χ4v) is 0.517. The van der Waals surface area contributed by atoms with Gasteiger partial charge < -0.3 is 14.9 Å². The average molecular weight is 104 g/mol. The number of hydrogen-bond acceptors (Lipinski definition) is 4. The molecule has 2 saturated heterocycles. The van der Waals surface area contributed by atoms with E-state index in [0.29, 0.717) is 6.61 Å². The molecule has 4 heteroatoms. The fraction of sp³-hybridized carbons (Fsp3) is 1.00. The Morgan fingerprint density at radius 3 is 1.86 bits per heavy atom. The predicted molar refractivity (Wildman–Crippen MR) is 16.9 cm³/mol. The molecule has 0 saturated carbocycles. The van der Waals surface area contributed by atoms with Crippen molar-refractivity contribution in [3.63, 3.8) is 0 Å². The normalized spacial score (nSPS) is 52.3. The molecular formula is C3H4O4. The fourth-order valence-electron chi connectivity index (χ4n) is 0.517. The molecule has 2 aliphatic heterocycles. The maximum atomic E-state index is 8.43. The Balaban J connectivity index is 2.22. The maximum absolute atomic E-state index is 8.43. The molecule has 0 aliphatic carbocycles. The summed E-state index contributed by atoms with van der Waals surface area (Å²) >= 11 is 0. The molecule has 0 aromatic rings. The van der Waals surface area contributed by atoms with Crippen LogP contribution in [0.15, 0.2) is 0 Å². The first-order chi connectivity index (χ1) is 3.16. The molecule has 2 aliphatic rings. The highest BCUT2D eigenvalue weighted by atomic mass is 17.0. The highest BCUT2D eigenvalue weighted by Gasteiger charge is 2.81. The van der Waals surface area contributed by atoms with Crippen LogP contribution in [0.5, 0.6) is 0 Å². The summed E-state index contributed by atoms with van der Waals surface area (Å²) in [6.07, 6.45) is 0. The minimum atomic E-state index is -1.97. The lowest BCUT2D eigenvalue weighted by atomic mass is 10.5. The van der Waals surface area contributed by atoms with Crippen LogP contribution >= 0.6 is 0 Å². The minimum absolute atomic E-state index is 0.306. The zero-order chi connectivity index (χ0) is 5.12. The molecule has 40 valence electrons. The van der Waals surface area contributed by atoms with Gasteiger partial charge in [0.25, 0.3) is 5.79 Å². The third-order valence-electron chi connectivity index (χ3n) is 1.17. The van der Waals surface area contributed by atoms with Gasteiger partial charge in [0, 0.05) is 0 Å². The number of rotatable bonds is 0. The van der Waals surface area contributed by atoms with Crippen molar-refractivity contribution in [2.45, 2.75) is 11.8 Å². The molecule has 2 fully saturated rings. The van der Waals surface area contributed by atoms with Crippen molar-refractivity contribution in [2.24, 2.45) is 0 Å². The number of hydrogen-bond donors (Lipinski definition) is 2. The molecular weight excluding hydrogens is 100 g/mol. The van der Waals surface area contributed by atoms with Crippen molar-refractivity contribution in [3.05, 3.63) is 0 Å². The van der Waals surface area contributed by atoms with Crippen LogP contribution in [0.2, 0.25) is 0 Å². The third-order valence-corrected chi connectivity index (χ3v) is 1.17. The second kappa shape index (κ2) is 0.621. The molecule has 1 unspecified atom stereocenters. The summed E-state index contributed by atoms with van der Waals surface area (Å²) in [5.74, 6) is -2.96. The first kappa shape index (κ1) is 3.80. The van der Waals surface area contributed by atoms with Crippen LogP contribution in [0.25, 0.3) is 0 Å². The quantitative estimate of drug-likeness (QED) is 0.286. The van der Waals surface area contributed by atoms with E-state index in [1.54, 1.807) is 0 Å². The molecule has 0 amide bonds. The topological polar surface area (TPSA) is 65.5 Å². The van der Waals surface area contributed by atoms with E-state index < -0.39 is 11.8 Å². The van der Waals surface area contributed by atoms with E-state index in [-0.39, 0.29) is 0 Å². The smallest absolute Gasteiger partial charge is 0.339 e. The molecule has 2 N–H and O–H groups in total. The summed E-state index contributed by atoms with van der Waals surface area (Å²) in [5.41, 5.74) is 0. The van der Waals surface area contributed by atoms with E-state index in [9.17, 15) is 0 Å². The predicted octanol–water partition coefficient (Wildman–Crippen LogP) is -1.62. The van der Waals surface area contributed by atoms with E-state index in [1.165, 1.54) is 0 Å². The highest BCUT2D eigenvalue weighted by Crippen LogP contribution is 2.54. The molecule has 4 nitrogen and oxygen atoms in total. The zero-order valence-corrected chi connectivity index (χ0v) is 3.42. The Bertz CT molecular complexity index is 112. The monoisotopic (exact) mass is 104 g/mol. The first-order valence-corrected chi connectivity index (χ1v) is 1.95. The summed E-state index contributed by atoms with van der Waals surface area (Å²) in [7, 11) is 0. The summed E-state index contributed by atoms with van der Waals surface area (Å²) in [5, 5.41) is 16.9. The summed E-state index contributed by atoms with van der Waals surface area (Å²) < 4.78 is 8.79. The van der Waals surface area contributed by atoms with Crippen molar-refractivity contribution >= 4 is 0 Å². The minimum Gasteiger partial charge on any atom is -0.339 e. The Morgan fingerprint density at radius 1 is 1.43 bits per heavy atom. The molecule has 0 radical (unpaired) electrons. The van der Waals surface area contributed by atoms with Gasteiger partial charge in [-0.2, -0.15) is 0 Å². The lowest BCUT2D eigenvalue weighted by Crippen LogP contribution is -2.12. The molecule has 1 atom stereocenters. The van der Waals surface area contributed by atoms with Gasteiger partial charge in [0.2, 0.25) is 0 Å². The van der Waals surface area contributed by atoms with Gasteiger partial charge in [-0.1, -0.05) is 0 Å². The average Bonchev–Trinajstić information content (AvgIpc) is 2.22. The molecule has 2 heterocycles. The second-order valence-electron chi connectivity index (χ2n) is 1.75. The second-order valence-corrected chi connectivity index (χ2v) is 1.75. The van der Waals surface area contributed by atoms with Crippen LogP contribution < -0.4 is 0 Å². The van der Waals surface area contributed by atoms with Crippen LogP contribution in [0.3, 0.4) is 0 Å². The van der Waals surface area contributed by atoms with Gasteiger partial charge in [0.15, 0.2) is 0 Å². The maximum Gasteiger partial charge on any atom is 0.341 e. The Kier molecular flexibility index (Phi) is 0.337. The van der Waals surface area contributed by atoms with E-state index in [2.05, 4.69) is 9.47 Å². The molecule has 0 bridgehead atoms. The van der Waals surface area contributed by atoms with Gasteiger partial charge in [-0.05, 0) is 0 Å². The number of epoxide rings is 2. The van der Waals surface area contributed by atoms with Crippen LogP contribution in [0.1, 0.15) is 0 Å². The Hall–Kier alpha value is -0.160. The number of aliphatic hydroxyl groups is 2. The molecule has 1 spiro atoms. The van der Waals surface area contributed by atoms with Crippen LogP contribution in [-0.4, -0.2) is 28.6 Å². The third kappa shape index (κ3) is 0.271. The molecule has 2 rings (SSSR count). The van der Waals surface area contributed by atoms with Gasteiger partial charge in [0.05, 0.1) is 0 Å². The molecule has 7 heavy (non-hydrogen) atoms. The zero-order valence-electron chi connectivity index (χ0n) is 3.42. The van der Waals surface area contributed by atoms with Crippen molar-refractivity contribution in [1.29, 1.82) is 0 Å². The lowest BCUT2D eigenvalue weighted by molar-refractivity contribution is -0.152. The van der Waals surface area contributed by atoms with E-state index in [4.69, 9.17) is 10.2 Å². The van der Waals surface area contributed by atoms with Crippen LogP contribution in [0.4, 0.5) is 0 Å². The van der Waals surface area contributed by atoms with Gasteiger partial charge in [0.1, 0.15) is 6.61 Å². The van der Waals surface area contributed by atoms with Gasteiger partial charge in [-0.25, -0.2) is 0 Å². The van der Waals surface area contributed by atoms with E-state index in [1.807, 2.05) is 0 Å². The Morgan fingerprint density at radius 2 is 1.86 bits per heavy atom.